The number of rotatable bonds is 4. The molecule has 0 radical (unpaired) electrons. The number of carbonyl (C=O) groups excluding carboxylic acids is 2. The van der Waals surface area contributed by atoms with Crippen molar-refractivity contribution in [2.24, 2.45) is 5.41 Å². The van der Waals surface area contributed by atoms with E-state index < -0.39 is 46.6 Å². The topological polar surface area (TPSA) is 78.4 Å². The van der Waals surface area contributed by atoms with Crippen LogP contribution in [0.25, 0.3) is 0 Å². The van der Waals surface area contributed by atoms with Crippen LogP contribution in [0, 0.1) is 17.0 Å². The Hall–Kier alpha value is -2.00. The lowest BCUT2D eigenvalue weighted by molar-refractivity contribution is -0.127. The number of amides is 1. The van der Waals surface area contributed by atoms with E-state index in [0.29, 0.717) is 34.7 Å². The first kappa shape index (κ1) is 26.6. The number of aliphatic hydroxyl groups is 1. The average molecular weight is 549 g/mol. The van der Waals surface area contributed by atoms with Crippen LogP contribution in [0.15, 0.2) is 41.3 Å². The highest BCUT2D eigenvalue weighted by Crippen LogP contribution is 2.60. The average Bonchev–Trinajstić information content (AvgIpc) is 3.23. The van der Waals surface area contributed by atoms with Crippen molar-refractivity contribution in [1.82, 2.24) is 10.6 Å². The fourth-order valence-corrected chi connectivity index (χ4v) is 7.92. The molecule has 5 nitrogen and oxygen atoms in total. The van der Waals surface area contributed by atoms with Gasteiger partial charge in [0, 0.05) is 27.9 Å². The maximum absolute atomic E-state index is 15.5. The Morgan fingerprint density at radius 3 is 2.59 bits per heavy atom. The Kier molecular flexibility index (Phi) is 6.50. The molecule has 4 atom stereocenters. The smallest absolute Gasteiger partial charge is 0.238 e. The summed E-state index contributed by atoms with van der Waals surface area (Å²) < 4.78 is 30.1. The van der Waals surface area contributed by atoms with Gasteiger partial charge in [0.05, 0.1) is 17.1 Å². The van der Waals surface area contributed by atoms with Crippen LogP contribution in [0.4, 0.5) is 8.78 Å². The van der Waals surface area contributed by atoms with E-state index in [1.165, 1.54) is 12.1 Å². The van der Waals surface area contributed by atoms with Gasteiger partial charge in [-0.05, 0) is 60.9 Å². The summed E-state index contributed by atoms with van der Waals surface area (Å²) in [6.45, 7) is 7.83. The lowest BCUT2D eigenvalue weighted by atomic mass is 9.62. The predicted octanol–water partition coefficient (Wildman–Crippen LogP) is 5.08. The Bertz CT molecular complexity index is 1270. The molecule has 198 valence electrons. The third-order valence-corrected chi connectivity index (χ3v) is 9.13. The first-order chi connectivity index (χ1) is 17.2. The number of hydrogen-bond acceptors (Lipinski definition) is 5. The molecule has 1 aliphatic carbocycles. The third kappa shape index (κ3) is 4.50. The van der Waals surface area contributed by atoms with Crippen LogP contribution in [0.3, 0.4) is 0 Å². The highest BCUT2D eigenvalue weighted by atomic mass is 35.5. The van der Waals surface area contributed by atoms with E-state index >= 15 is 4.39 Å². The molecular formula is C28H31ClF2N2O3S. The van der Waals surface area contributed by atoms with Crippen molar-refractivity contribution in [1.29, 1.82) is 0 Å². The van der Waals surface area contributed by atoms with E-state index in [-0.39, 0.29) is 22.1 Å². The van der Waals surface area contributed by atoms with Gasteiger partial charge in [-0.25, -0.2) is 8.78 Å². The molecule has 37 heavy (non-hydrogen) atoms. The van der Waals surface area contributed by atoms with E-state index in [1.54, 1.807) is 25.1 Å². The quantitative estimate of drug-likeness (QED) is 0.497. The number of fused-ring (bicyclic) bond motifs is 2. The van der Waals surface area contributed by atoms with E-state index in [4.69, 9.17) is 11.6 Å². The normalized spacial score (nSPS) is 32.9. The van der Waals surface area contributed by atoms with Gasteiger partial charge in [0.25, 0.3) is 0 Å². The Morgan fingerprint density at radius 2 is 1.95 bits per heavy atom. The van der Waals surface area contributed by atoms with Crippen LogP contribution in [0.1, 0.15) is 64.0 Å². The minimum atomic E-state index is -1.32. The zero-order valence-corrected chi connectivity index (χ0v) is 22.8. The molecule has 2 aromatic rings. The van der Waals surface area contributed by atoms with Gasteiger partial charge in [-0.2, -0.15) is 0 Å². The van der Waals surface area contributed by atoms with Crippen LogP contribution in [0.2, 0.25) is 5.02 Å². The maximum atomic E-state index is 15.5. The summed E-state index contributed by atoms with van der Waals surface area (Å²) in [6, 6.07) is 7.33. The maximum Gasteiger partial charge on any atom is 0.238 e. The van der Waals surface area contributed by atoms with Crippen LogP contribution in [-0.2, 0) is 15.0 Å². The highest BCUT2D eigenvalue weighted by Gasteiger charge is 2.66. The molecule has 0 unspecified atom stereocenters. The molecule has 3 N–H and O–H groups in total. The largest absolute Gasteiger partial charge is 0.390 e. The van der Waals surface area contributed by atoms with Crippen molar-refractivity contribution in [3.63, 3.8) is 0 Å². The summed E-state index contributed by atoms with van der Waals surface area (Å²) in [7, 11) is 0. The van der Waals surface area contributed by atoms with Gasteiger partial charge in [-0.15, -0.1) is 0 Å². The van der Waals surface area contributed by atoms with Crippen molar-refractivity contribution in [3.05, 3.63) is 64.2 Å². The molecule has 1 spiro atoms. The molecular weight excluding hydrogens is 518 g/mol. The monoisotopic (exact) mass is 548 g/mol. The fraction of sp³-hybridized carbons (Fsp3) is 0.500. The van der Waals surface area contributed by atoms with Gasteiger partial charge in [0.2, 0.25) is 11.0 Å². The van der Waals surface area contributed by atoms with Crippen molar-refractivity contribution in [2.45, 2.75) is 86.9 Å². The second kappa shape index (κ2) is 9.04. The highest BCUT2D eigenvalue weighted by molar-refractivity contribution is 8.14. The molecule has 2 fully saturated rings. The van der Waals surface area contributed by atoms with Crippen LogP contribution in [0.5, 0.6) is 0 Å². The standard InChI is InChI=1S/C28H31ClF2N2O3S/c1-26(2,3)13-20-28(17-9-8-14(29)10-19(17)37-25(28)35)21(16-6-5-7-18(30)22(16)31)23(33-20)24(34)32-15-11-27(4,36)12-15/h5-10,15,20-21,23,33,36H,11-13H2,1-4H3,(H,32,34)/t15-,20-,21+,23-,27+,28+/m1/s1. The minimum Gasteiger partial charge on any atom is -0.390 e. The third-order valence-electron chi connectivity index (χ3n) is 7.82. The van der Waals surface area contributed by atoms with Crippen LogP contribution in [-0.4, -0.2) is 39.9 Å². The fourth-order valence-electron chi connectivity index (χ4n) is 6.40. The van der Waals surface area contributed by atoms with Gasteiger partial charge in [-0.3, -0.25) is 9.59 Å². The van der Waals surface area contributed by atoms with Gasteiger partial charge in [-0.1, -0.05) is 62.3 Å². The molecule has 0 bridgehead atoms. The number of halogens is 3. The molecule has 3 aliphatic rings. The molecule has 1 amide bonds. The SMILES string of the molecule is CC(C)(C)C[C@H]1N[C@@H](C(=O)N[C@H]2C[C@@](C)(O)C2)[C@H](c2cccc(F)c2F)[C@@]12C(=O)Sc1cc(Cl)ccc12. The summed E-state index contributed by atoms with van der Waals surface area (Å²) in [6.07, 6.45) is 1.31. The zero-order chi connectivity index (χ0) is 26.9. The lowest BCUT2D eigenvalue weighted by Crippen LogP contribution is -2.57. The molecule has 0 aromatic heterocycles. The zero-order valence-electron chi connectivity index (χ0n) is 21.2. The minimum absolute atomic E-state index is 0.0126. The molecule has 2 aliphatic heterocycles. The summed E-state index contributed by atoms with van der Waals surface area (Å²) in [4.78, 5) is 28.5. The van der Waals surface area contributed by atoms with E-state index in [2.05, 4.69) is 10.6 Å². The molecule has 2 heterocycles. The van der Waals surface area contributed by atoms with Gasteiger partial charge >= 0.3 is 0 Å². The van der Waals surface area contributed by atoms with E-state index in [9.17, 15) is 19.1 Å². The van der Waals surface area contributed by atoms with Gasteiger partial charge < -0.3 is 15.7 Å². The Labute approximate surface area is 224 Å². The number of carbonyl (C=O) groups is 2. The molecule has 9 heteroatoms. The van der Waals surface area contributed by atoms with Gasteiger partial charge in [0.1, 0.15) is 0 Å². The predicted molar refractivity (Wildman–Crippen MR) is 140 cm³/mol. The summed E-state index contributed by atoms with van der Waals surface area (Å²) in [5.74, 6) is -3.49. The molecule has 1 saturated heterocycles. The Balaban J connectivity index is 1.69. The van der Waals surface area contributed by atoms with Crippen LogP contribution >= 0.6 is 23.4 Å². The van der Waals surface area contributed by atoms with Crippen molar-refractivity contribution in [2.75, 3.05) is 0 Å². The number of nitrogens with one attached hydrogen (secondary N) is 2. The van der Waals surface area contributed by atoms with Crippen LogP contribution < -0.4 is 10.6 Å². The van der Waals surface area contributed by atoms with E-state index in [0.717, 1.165) is 17.8 Å². The summed E-state index contributed by atoms with van der Waals surface area (Å²) >= 11 is 7.29. The molecule has 2 aromatic carbocycles. The second-order valence-corrected chi connectivity index (χ2v) is 13.5. The molecule has 1 saturated carbocycles. The van der Waals surface area contributed by atoms with Crippen molar-refractivity contribution >= 4 is 34.4 Å². The number of hydrogen-bond donors (Lipinski definition) is 3. The summed E-state index contributed by atoms with van der Waals surface area (Å²) in [5.41, 5.74) is -1.75. The van der Waals surface area contributed by atoms with E-state index in [1.807, 2.05) is 20.8 Å². The molecule has 5 rings (SSSR count). The van der Waals surface area contributed by atoms with Crippen molar-refractivity contribution in [3.8, 4) is 0 Å². The number of benzene rings is 2. The van der Waals surface area contributed by atoms with Gasteiger partial charge in [0.15, 0.2) is 11.6 Å². The lowest BCUT2D eigenvalue weighted by Gasteiger charge is -2.42. The second-order valence-electron chi connectivity index (χ2n) is 12.1. The first-order valence-corrected chi connectivity index (χ1v) is 13.7. The number of thioether (sulfide) groups is 1. The summed E-state index contributed by atoms with van der Waals surface area (Å²) in [5, 5.41) is 16.8. The first-order valence-electron chi connectivity index (χ1n) is 12.5. The Morgan fingerprint density at radius 1 is 1.24 bits per heavy atom. The van der Waals surface area contributed by atoms with Crippen molar-refractivity contribution < 1.29 is 23.5 Å².